The van der Waals surface area contributed by atoms with Crippen LogP contribution in [0, 0.1) is 12.8 Å². The van der Waals surface area contributed by atoms with E-state index in [4.69, 9.17) is 9.73 Å². The van der Waals surface area contributed by atoms with Crippen molar-refractivity contribution in [3.63, 3.8) is 0 Å². The number of hydrogen-bond donors (Lipinski definition) is 2. The average Bonchev–Trinajstić information content (AvgIpc) is 3.16. The second kappa shape index (κ2) is 11.9. The molecule has 2 amide bonds. The Labute approximate surface area is 214 Å². The molecule has 1 aromatic rings. The molecule has 0 atom stereocenters. The first kappa shape index (κ1) is 26.2. The fourth-order valence-electron chi connectivity index (χ4n) is 5.39. The van der Waals surface area contributed by atoms with Crippen molar-refractivity contribution in [1.82, 2.24) is 9.62 Å². The van der Waals surface area contributed by atoms with Gasteiger partial charge in [0, 0.05) is 44.0 Å². The lowest BCUT2D eigenvalue weighted by Crippen LogP contribution is -2.47. The number of anilines is 1. The number of amides is 2. The number of carbonyl (C=O) groups is 2. The van der Waals surface area contributed by atoms with Gasteiger partial charge >= 0.3 is 0 Å². The SMILES string of the molecule is CCCOC1CCC(C2=NC3(CCN(SCCc4ccc(NC(C)=O)cc4C)CC3)C(=O)N2)CC1. The number of nitrogens with zero attached hydrogens (tertiary/aromatic N) is 2. The molecule has 3 aliphatic rings. The number of hydrogen-bond acceptors (Lipinski definition) is 6. The van der Waals surface area contributed by atoms with Gasteiger partial charge in [0.1, 0.15) is 11.4 Å². The zero-order valence-corrected chi connectivity index (χ0v) is 22.2. The molecule has 2 heterocycles. The molecule has 7 nitrogen and oxygen atoms in total. The molecule has 1 aromatic carbocycles. The zero-order chi connectivity index (χ0) is 24.8. The van der Waals surface area contributed by atoms with Gasteiger partial charge < -0.3 is 15.4 Å². The Balaban J connectivity index is 1.23. The van der Waals surface area contributed by atoms with Gasteiger partial charge in [0.2, 0.25) is 5.91 Å². The van der Waals surface area contributed by atoms with Crippen molar-refractivity contribution in [3.8, 4) is 0 Å². The van der Waals surface area contributed by atoms with Gasteiger partial charge in [-0.3, -0.25) is 18.9 Å². The molecule has 1 spiro atoms. The number of amidine groups is 1. The van der Waals surface area contributed by atoms with Gasteiger partial charge in [-0.1, -0.05) is 24.9 Å². The summed E-state index contributed by atoms with van der Waals surface area (Å²) in [5.74, 6) is 2.36. The van der Waals surface area contributed by atoms with Crippen LogP contribution in [0.4, 0.5) is 5.69 Å². The minimum atomic E-state index is -0.557. The smallest absolute Gasteiger partial charge is 0.253 e. The fraction of sp³-hybridized carbons (Fsp3) is 0.667. The summed E-state index contributed by atoms with van der Waals surface area (Å²) >= 11 is 1.86. The van der Waals surface area contributed by atoms with E-state index >= 15 is 0 Å². The van der Waals surface area contributed by atoms with Crippen molar-refractivity contribution in [2.75, 3.05) is 30.8 Å². The molecular formula is C27H40N4O3S. The van der Waals surface area contributed by atoms with Gasteiger partial charge in [0.25, 0.3) is 5.91 Å². The highest BCUT2D eigenvalue weighted by atomic mass is 32.2. The van der Waals surface area contributed by atoms with Crippen LogP contribution in [0.5, 0.6) is 0 Å². The summed E-state index contributed by atoms with van der Waals surface area (Å²) in [5.41, 5.74) is 2.79. The first-order valence-corrected chi connectivity index (χ1v) is 14.1. The minimum Gasteiger partial charge on any atom is -0.378 e. The Morgan fingerprint density at radius 3 is 2.66 bits per heavy atom. The van der Waals surface area contributed by atoms with Crippen LogP contribution in [0.1, 0.15) is 69.9 Å². The van der Waals surface area contributed by atoms with E-state index in [0.29, 0.717) is 12.0 Å². The molecule has 2 fully saturated rings. The lowest BCUT2D eigenvalue weighted by molar-refractivity contribution is -0.125. The Morgan fingerprint density at radius 1 is 1.26 bits per heavy atom. The first-order chi connectivity index (χ1) is 16.9. The number of rotatable bonds is 9. The lowest BCUT2D eigenvalue weighted by Gasteiger charge is -2.34. The van der Waals surface area contributed by atoms with E-state index in [9.17, 15) is 9.59 Å². The summed E-state index contributed by atoms with van der Waals surface area (Å²) in [6, 6.07) is 6.11. The number of aliphatic imine (C=N–C) groups is 1. The Morgan fingerprint density at radius 2 is 2.00 bits per heavy atom. The lowest BCUT2D eigenvalue weighted by atomic mass is 9.86. The highest BCUT2D eigenvalue weighted by molar-refractivity contribution is 7.97. The third kappa shape index (κ3) is 6.66. The molecule has 0 bridgehead atoms. The Bertz CT molecular complexity index is 934. The number of piperidine rings is 1. The maximum absolute atomic E-state index is 12.9. The van der Waals surface area contributed by atoms with E-state index in [2.05, 4.69) is 34.9 Å². The van der Waals surface area contributed by atoms with Gasteiger partial charge in [-0.2, -0.15) is 0 Å². The van der Waals surface area contributed by atoms with Crippen molar-refractivity contribution in [1.29, 1.82) is 0 Å². The van der Waals surface area contributed by atoms with Gasteiger partial charge in [-0.15, -0.1) is 0 Å². The van der Waals surface area contributed by atoms with Gasteiger partial charge in [0.15, 0.2) is 0 Å². The van der Waals surface area contributed by atoms with E-state index < -0.39 is 5.54 Å². The summed E-state index contributed by atoms with van der Waals surface area (Å²) in [4.78, 5) is 29.2. The Hall–Kier alpha value is -1.90. The first-order valence-electron chi connectivity index (χ1n) is 13.2. The quantitative estimate of drug-likeness (QED) is 0.488. The van der Waals surface area contributed by atoms with Crippen LogP contribution in [0.2, 0.25) is 0 Å². The van der Waals surface area contributed by atoms with Crippen LogP contribution in [0.15, 0.2) is 23.2 Å². The topological polar surface area (TPSA) is 83.0 Å². The van der Waals surface area contributed by atoms with Crippen molar-refractivity contribution in [3.05, 3.63) is 29.3 Å². The van der Waals surface area contributed by atoms with E-state index in [1.165, 1.54) is 18.1 Å². The predicted octanol–water partition coefficient (Wildman–Crippen LogP) is 4.49. The predicted molar refractivity (Wildman–Crippen MR) is 143 cm³/mol. The zero-order valence-electron chi connectivity index (χ0n) is 21.4. The maximum atomic E-state index is 12.9. The van der Waals surface area contributed by atoms with Crippen molar-refractivity contribution < 1.29 is 14.3 Å². The highest BCUT2D eigenvalue weighted by Crippen LogP contribution is 2.36. The molecule has 2 N–H and O–H groups in total. The molecule has 1 aliphatic carbocycles. The highest BCUT2D eigenvalue weighted by Gasteiger charge is 2.47. The van der Waals surface area contributed by atoms with E-state index in [0.717, 1.165) is 88.3 Å². The number of carbonyl (C=O) groups excluding carboxylic acids is 2. The summed E-state index contributed by atoms with van der Waals surface area (Å²) in [5, 5.41) is 6.00. The molecule has 192 valence electrons. The maximum Gasteiger partial charge on any atom is 0.253 e. The summed E-state index contributed by atoms with van der Waals surface area (Å²) < 4.78 is 8.31. The van der Waals surface area contributed by atoms with Gasteiger partial charge in [-0.25, -0.2) is 0 Å². The molecule has 35 heavy (non-hydrogen) atoms. The van der Waals surface area contributed by atoms with Crippen LogP contribution in [-0.4, -0.2) is 59.0 Å². The van der Waals surface area contributed by atoms with E-state index in [1.54, 1.807) is 0 Å². The van der Waals surface area contributed by atoms with Gasteiger partial charge in [-0.05, 0) is 81.5 Å². The molecular weight excluding hydrogens is 460 g/mol. The van der Waals surface area contributed by atoms with E-state index in [-0.39, 0.29) is 11.8 Å². The van der Waals surface area contributed by atoms with Crippen LogP contribution >= 0.6 is 11.9 Å². The van der Waals surface area contributed by atoms with Crippen LogP contribution in [0.3, 0.4) is 0 Å². The molecule has 0 radical (unpaired) electrons. The number of nitrogens with one attached hydrogen (secondary N) is 2. The number of benzene rings is 1. The van der Waals surface area contributed by atoms with Crippen molar-refractivity contribution in [2.45, 2.75) is 83.8 Å². The summed E-state index contributed by atoms with van der Waals surface area (Å²) in [6.45, 7) is 8.37. The minimum absolute atomic E-state index is 0.0487. The van der Waals surface area contributed by atoms with Crippen LogP contribution in [-0.2, 0) is 20.7 Å². The monoisotopic (exact) mass is 500 g/mol. The third-order valence-corrected chi connectivity index (χ3v) is 8.59. The molecule has 4 rings (SSSR count). The summed E-state index contributed by atoms with van der Waals surface area (Å²) in [7, 11) is 0. The second-order valence-electron chi connectivity index (χ2n) is 10.2. The van der Waals surface area contributed by atoms with Crippen molar-refractivity contribution in [2.24, 2.45) is 10.9 Å². The molecule has 2 aliphatic heterocycles. The van der Waals surface area contributed by atoms with E-state index in [1.807, 2.05) is 24.1 Å². The third-order valence-electron chi connectivity index (χ3n) is 7.48. The summed E-state index contributed by atoms with van der Waals surface area (Å²) in [6.07, 6.45) is 8.21. The molecule has 0 unspecified atom stereocenters. The second-order valence-corrected chi connectivity index (χ2v) is 11.3. The van der Waals surface area contributed by atoms with Crippen LogP contribution < -0.4 is 10.6 Å². The van der Waals surface area contributed by atoms with Crippen molar-refractivity contribution >= 4 is 35.3 Å². The van der Waals surface area contributed by atoms with Crippen LogP contribution in [0.25, 0.3) is 0 Å². The molecule has 1 saturated heterocycles. The normalized spacial score (nSPS) is 24.3. The largest absolute Gasteiger partial charge is 0.378 e. The number of aryl methyl sites for hydroxylation is 2. The standard InChI is InChI=1S/C27H40N4O3S/c1-4-16-34-24-9-6-22(7-10-24)25-29-26(33)27(30-25)12-14-31(15-13-27)35-17-11-21-5-8-23(18-19(21)2)28-20(3)32/h5,8,18,22,24H,4,6-7,9-17H2,1-3H3,(H,28,32)(H,29,30,33). The molecule has 0 aromatic heterocycles. The molecule has 8 heteroatoms. The number of ether oxygens (including phenoxy) is 1. The molecule has 1 saturated carbocycles. The fourth-order valence-corrected chi connectivity index (χ4v) is 6.40. The van der Waals surface area contributed by atoms with Gasteiger partial charge in [0.05, 0.1) is 6.10 Å². The average molecular weight is 501 g/mol. The Kier molecular flexibility index (Phi) is 8.89.